The molecular formula is C27H27N6O6P. The van der Waals surface area contributed by atoms with Gasteiger partial charge < -0.3 is 29.3 Å². The van der Waals surface area contributed by atoms with Crippen LogP contribution in [0, 0.1) is 11.3 Å². The van der Waals surface area contributed by atoms with E-state index < -0.39 is 14.6 Å². The summed E-state index contributed by atoms with van der Waals surface area (Å²) in [6.07, 6.45) is 7.97. The van der Waals surface area contributed by atoms with Crippen LogP contribution in [0.1, 0.15) is 5.69 Å². The number of ether oxygens (including phenoxy) is 1. The smallest absolute Gasteiger partial charge is 0.471 e. The van der Waals surface area contributed by atoms with Gasteiger partial charge in [-0.2, -0.15) is 5.26 Å². The summed E-state index contributed by atoms with van der Waals surface area (Å²) in [5, 5.41) is 12.8. The summed E-state index contributed by atoms with van der Waals surface area (Å²) in [5.74, 6) is 0.232. The van der Waals surface area contributed by atoms with Gasteiger partial charge in [0.15, 0.2) is 0 Å². The van der Waals surface area contributed by atoms with Crippen LogP contribution in [-0.2, 0) is 20.6 Å². The fourth-order valence-corrected chi connectivity index (χ4v) is 4.24. The molecule has 0 saturated heterocycles. The molecule has 4 aromatic rings. The van der Waals surface area contributed by atoms with Crippen LogP contribution in [-0.4, -0.2) is 62.9 Å². The number of anilines is 1. The van der Waals surface area contributed by atoms with Crippen LogP contribution in [0.5, 0.6) is 5.75 Å². The first kappa shape index (κ1) is 28.6. The van der Waals surface area contributed by atoms with E-state index in [-0.39, 0.29) is 11.6 Å². The fourth-order valence-electron chi connectivity index (χ4n) is 3.96. The van der Waals surface area contributed by atoms with Crippen molar-refractivity contribution >= 4 is 30.5 Å². The fraction of sp³-hybridized carbons (Fsp3) is 0.185. The molecule has 13 heteroatoms. The molecule has 3 heterocycles. The third-order valence-electron chi connectivity index (χ3n) is 5.75. The monoisotopic (exact) mass is 562 g/mol. The highest BCUT2D eigenvalue weighted by molar-refractivity contribution is 7.46. The molecule has 0 aliphatic carbocycles. The largest absolute Gasteiger partial charge is 0.497 e. The Morgan fingerprint density at radius 2 is 1.98 bits per heavy atom. The number of nitrogens with zero attached hydrogens (tertiary/aromatic N) is 5. The van der Waals surface area contributed by atoms with Crippen molar-refractivity contribution in [1.29, 1.82) is 5.26 Å². The van der Waals surface area contributed by atoms with Crippen molar-refractivity contribution in [3.05, 3.63) is 72.8 Å². The van der Waals surface area contributed by atoms with Crippen molar-refractivity contribution in [2.24, 2.45) is 0 Å². The molecule has 206 valence electrons. The highest BCUT2D eigenvalue weighted by Crippen LogP contribution is 2.38. The van der Waals surface area contributed by atoms with Gasteiger partial charge in [0.1, 0.15) is 29.9 Å². The van der Waals surface area contributed by atoms with Gasteiger partial charge in [-0.15, -0.1) is 0 Å². The minimum Gasteiger partial charge on any atom is -0.497 e. The topological polar surface area (TPSA) is 163 Å². The predicted molar refractivity (Wildman–Crippen MR) is 149 cm³/mol. The van der Waals surface area contributed by atoms with Crippen molar-refractivity contribution in [1.82, 2.24) is 19.4 Å². The standard InChI is InChI=1S/C27H27N6O6P/c1-32(2)8-4-5-26(34)31-21-10-19(11-23(13-21)38-3)20-12-24-25(18-6-7-29-22(9-18)14-28)16-33(27(24)30-15-20)17-39-40(35,36)37/h4-7,9-13,15-16H,8,17H2,1-3H3,(H,31,34)(H2,35,36,37). The molecule has 4 rings (SSSR count). The van der Waals surface area contributed by atoms with Crippen LogP contribution in [0.15, 0.2) is 67.1 Å². The number of amides is 1. The van der Waals surface area contributed by atoms with Crippen molar-refractivity contribution < 1.29 is 28.4 Å². The molecule has 0 fully saturated rings. The predicted octanol–water partition coefficient (Wildman–Crippen LogP) is 3.77. The summed E-state index contributed by atoms with van der Waals surface area (Å²) in [4.78, 5) is 41.4. The lowest BCUT2D eigenvalue weighted by molar-refractivity contribution is -0.111. The molecule has 12 nitrogen and oxygen atoms in total. The number of phosphoric acid groups is 1. The number of hydrogen-bond donors (Lipinski definition) is 3. The molecule has 3 N–H and O–H groups in total. The molecule has 1 amide bonds. The van der Waals surface area contributed by atoms with Gasteiger partial charge in [-0.05, 0) is 55.6 Å². The summed E-state index contributed by atoms with van der Waals surface area (Å²) in [7, 11) is 0.600. The zero-order valence-corrected chi connectivity index (χ0v) is 22.9. The van der Waals surface area contributed by atoms with Crippen molar-refractivity contribution in [2.45, 2.75) is 6.73 Å². The maximum Gasteiger partial charge on any atom is 0.471 e. The minimum absolute atomic E-state index is 0.210. The second kappa shape index (κ2) is 12.2. The number of benzene rings is 1. The quantitative estimate of drug-likeness (QED) is 0.192. The third kappa shape index (κ3) is 7.18. The second-order valence-corrected chi connectivity index (χ2v) is 10.2. The Hall–Kier alpha value is -4.37. The van der Waals surface area contributed by atoms with E-state index in [1.807, 2.05) is 31.1 Å². The maximum absolute atomic E-state index is 12.4. The van der Waals surface area contributed by atoms with Gasteiger partial charge in [-0.3, -0.25) is 9.32 Å². The number of nitrogens with one attached hydrogen (secondary N) is 1. The number of nitriles is 1. The van der Waals surface area contributed by atoms with E-state index in [1.165, 1.54) is 23.9 Å². The van der Waals surface area contributed by atoms with Crippen LogP contribution in [0.2, 0.25) is 0 Å². The van der Waals surface area contributed by atoms with Gasteiger partial charge in [0, 0.05) is 59.5 Å². The van der Waals surface area contributed by atoms with E-state index in [1.54, 1.807) is 48.8 Å². The Bertz CT molecular complexity index is 1670. The number of methoxy groups -OCH3 is 1. The van der Waals surface area contributed by atoms with Crippen LogP contribution < -0.4 is 10.1 Å². The van der Waals surface area contributed by atoms with E-state index in [0.717, 1.165) is 0 Å². The number of carbonyl (C=O) groups excluding carboxylic acids is 1. The first-order valence-electron chi connectivity index (χ1n) is 11.9. The molecule has 0 aliphatic heterocycles. The van der Waals surface area contributed by atoms with Crippen LogP contribution in [0.25, 0.3) is 33.3 Å². The Morgan fingerprint density at radius 1 is 1.18 bits per heavy atom. The van der Waals surface area contributed by atoms with Crippen molar-refractivity contribution in [3.8, 4) is 34.1 Å². The molecule has 0 aliphatic rings. The highest BCUT2D eigenvalue weighted by Gasteiger charge is 2.18. The maximum atomic E-state index is 12.4. The Kier molecular flexibility index (Phi) is 8.74. The van der Waals surface area contributed by atoms with Gasteiger partial charge in [-0.1, -0.05) is 6.08 Å². The molecular weight excluding hydrogens is 535 g/mol. The summed E-state index contributed by atoms with van der Waals surface area (Å²) >= 11 is 0. The molecule has 0 saturated carbocycles. The van der Waals surface area contributed by atoms with Gasteiger partial charge in [0.05, 0.1) is 7.11 Å². The molecule has 0 radical (unpaired) electrons. The van der Waals surface area contributed by atoms with Gasteiger partial charge in [-0.25, -0.2) is 14.5 Å². The minimum atomic E-state index is -4.74. The SMILES string of the molecule is COc1cc(NC(=O)C=CCN(C)C)cc(-c2cnc3c(c2)c(-c2ccnc(C#N)c2)cn3COP(=O)(O)O)c1. The summed E-state index contributed by atoms with van der Waals surface area (Å²) in [5.41, 5.74) is 3.85. The van der Waals surface area contributed by atoms with E-state index in [2.05, 4.69) is 15.3 Å². The van der Waals surface area contributed by atoms with Crippen LogP contribution in [0.4, 0.5) is 5.69 Å². The van der Waals surface area contributed by atoms with Gasteiger partial charge >= 0.3 is 7.82 Å². The van der Waals surface area contributed by atoms with Crippen LogP contribution >= 0.6 is 7.82 Å². The number of carbonyl (C=O) groups is 1. The summed E-state index contributed by atoms with van der Waals surface area (Å²) in [6.45, 7) is 0.178. The molecule has 0 unspecified atom stereocenters. The zero-order valence-electron chi connectivity index (χ0n) is 22.0. The number of fused-ring (bicyclic) bond motifs is 1. The van der Waals surface area contributed by atoms with Crippen molar-refractivity contribution in [3.63, 3.8) is 0 Å². The number of pyridine rings is 2. The average Bonchev–Trinajstić information content (AvgIpc) is 3.29. The Morgan fingerprint density at radius 3 is 2.67 bits per heavy atom. The van der Waals surface area contributed by atoms with Gasteiger partial charge in [0.25, 0.3) is 0 Å². The number of likely N-dealkylation sites (N-methyl/N-ethyl adjacent to an activating group) is 1. The Labute approximate surface area is 230 Å². The lowest BCUT2D eigenvalue weighted by atomic mass is 10.0. The number of phosphoric ester groups is 1. The molecule has 0 atom stereocenters. The second-order valence-electron chi connectivity index (χ2n) is 9.00. The molecule has 40 heavy (non-hydrogen) atoms. The summed E-state index contributed by atoms with van der Waals surface area (Å²) in [6, 6.07) is 12.5. The normalized spacial score (nSPS) is 11.7. The summed E-state index contributed by atoms with van der Waals surface area (Å²) < 4.78 is 23.0. The lowest BCUT2D eigenvalue weighted by Crippen LogP contribution is -2.13. The first-order valence-corrected chi connectivity index (χ1v) is 13.5. The molecule has 0 bridgehead atoms. The Balaban J connectivity index is 1.78. The van der Waals surface area contributed by atoms with Gasteiger partial charge in [0.2, 0.25) is 5.91 Å². The molecule has 1 aromatic carbocycles. The van der Waals surface area contributed by atoms with E-state index in [9.17, 15) is 24.4 Å². The molecule has 0 spiro atoms. The van der Waals surface area contributed by atoms with E-state index >= 15 is 0 Å². The van der Waals surface area contributed by atoms with E-state index in [0.29, 0.717) is 51.3 Å². The zero-order chi connectivity index (χ0) is 28.9. The number of aromatic nitrogens is 3. The number of rotatable bonds is 10. The number of hydrogen-bond acceptors (Lipinski definition) is 8. The lowest BCUT2D eigenvalue weighted by Gasteiger charge is -2.11. The average molecular weight is 563 g/mol. The van der Waals surface area contributed by atoms with Crippen molar-refractivity contribution in [2.75, 3.05) is 33.1 Å². The van der Waals surface area contributed by atoms with Crippen LogP contribution in [0.3, 0.4) is 0 Å². The first-order chi connectivity index (χ1) is 19.1. The van der Waals surface area contributed by atoms with E-state index in [4.69, 9.17) is 9.26 Å². The molecule has 3 aromatic heterocycles. The highest BCUT2D eigenvalue weighted by atomic mass is 31.2. The third-order valence-corrected chi connectivity index (χ3v) is 6.20.